The molecule has 3 rings (SSSR count). The second-order valence-corrected chi connectivity index (χ2v) is 9.23. The number of carbonyl (C=O) groups is 1. The van der Waals surface area contributed by atoms with Gasteiger partial charge in [0.15, 0.2) is 6.40 Å². The minimum absolute atomic E-state index is 0.0207. The number of benzene rings is 1. The summed E-state index contributed by atoms with van der Waals surface area (Å²) in [5, 5.41) is 2.84. The van der Waals surface area contributed by atoms with Crippen LogP contribution in [0, 0.1) is 5.41 Å². The van der Waals surface area contributed by atoms with E-state index < -0.39 is 34.7 Å². The number of hydrogen-bond acceptors (Lipinski definition) is 6. The van der Waals surface area contributed by atoms with Crippen LogP contribution in [0.2, 0.25) is 0 Å². The maximum atomic E-state index is 13.1. The second kappa shape index (κ2) is 9.86. The Morgan fingerprint density at radius 1 is 1.29 bits per heavy atom. The Morgan fingerprint density at radius 2 is 1.97 bits per heavy atom. The molecular formula is C23H28F3N5O3. The number of rotatable bonds is 6. The first-order valence-corrected chi connectivity index (χ1v) is 10.8. The average molecular weight is 480 g/mol. The number of nitrogens with one attached hydrogen (secondary N) is 2. The smallest absolute Gasteiger partial charge is 0.416 e. The third-order valence-corrected chi connectivity index (χ3v) is 5.51. The molecule has 1 aromatic heterocycles. The molecule has 1 aliphatic rings. The number of aliphatic imine (C=N–C) groups is 1. The Labute approximate surface area is 195 Å². The van der Waals surface area contributed by atoms with Crippen molar-refractivity contribution in [3.05, 3.63) is 57.5 Å². The highest BCUT2D eigenvalue weighted by Gasteiger charge is 2.33. The fraction of sp³-hybridized carbons (Fsp3) is 0.478. The average Bonchev–Trinajstić information content (AvgIpc) is 3.23. The van der Waals surface area contributed by atoms with Crippen LogP contribution in [0.25, 0.3) is 0 Å². The van der Waals surface area contributed by atoms with E-state index in [2.05, 4.69) is 20.3 Å². The lowest BCUT2D eigenvalue weighted by Crippen LogP contribution is -2.38. The standard InChI is InChI=1S/C23H28F3N5O3/c1-22(2,3)19(14-5-7-15(8-6-14)23(24,25)26)30-20(33)17-11-18(32)29-21(28-17)31-10-9-16(12-31)27-13-34-4/h5-8,11,13,16,19H,9-10,12H2,1-4H3,(H,30,33)(H,28,29,32)/t16?,19-/m0/s1. The van der Waals surface area contributed by atoms with Crippen molar-refractivity contribution in [3.8, 4) is 0 Å². The summed E-state index contributed by atoms with van der Waals surface area (Å²) >= 11 is 0. The van der Waals surface area contributed by atoms with E-state index in [1.54, 1.807) is 0 Å². The molecule has 1 fully saturated rings. The van der Waals surface area contributed by atoms with E-state index in [9.17, 15) is 22.8 Å². The topological polar surface area (TPSA) is 99.7 Å². The zero-order valence-corrected chi connectivity index (χ0v) is 19.4. The van der Waals surface area contributed by atoms with Crippen molar-refractivity contribution in [1.29, 1.82) is 0 Å². The lowest BCUT2D eigenvalue weighted by atomic mass is 9.82. The van der Waals surface area contributed by atoms with Crippen molar-refractivity contribution in [3.63, 3.8) is 0 Å². The SMILES string of the molecule is COC=NC1CCN(c2nc(C(=O)N[C@@H](c3ccc(C(F)(F)F)cc3)C(C)(C)C)cc(=O)[nH]2)C1. The van der Waals surface area contributed by atoms with Gasteiger partial charge < -0.3 is 15.0 Å². The minimum atomic E-state index is -4.45. The van der Waals surface area contributed by atoms with Crippen LogP contribution in [0.15, 0.2) is 40.1 Å². The van der Waals surface area contributed by atoms with Crippen LogP contribution in [0.4, 0.5) is 19.1 Å². The molecule has 2 atom stereocenters. The molecule has 8 nitrogen and oxygen atoms in total. The third-order valence-electron chi connectivity index (χ3n) is 5.51. The summed E-state index contributed by atoms with van der Waals surface area (Å²) < 4.78 is 43.7. The van der Waals surface area contributed by atoms with Crippen LogP contribution in [0.3, 0.4) is 0 Å². The number of alkyl halides is 3. The zero-order valence-electron chi connectivity index (χ0n) is 19.4. The van der Waals surface area contributed by atoms with Crippen LogP contribution in [0.1, 0.15) is 54.8 Å². The molecule has 1 aromatic carbocycles. The molecule has 34 heavy (non-hydrogen) atoms. The summed E-state index contributed by atoms with van der Waals surface area (Å²) in [7, 11) is 1.51. The number of carbonyl (C=O) groups excluding carboxylic acids is 1. The molecule has 1 amide bonds. The molecule has 184 valence electrons. The summed E-state index contributed by atoms with van der Waals surface area (Å²) in [6.07, 6.45) is -2.35. The van der Waals surface area contributed by atoms with E-state index in [0.717, 1.165) is 24.6 Å². The monoisotopic (exact) mass is 479 g/mol. The molecule has 2 N–H and O–H groups in total. The van der Waals surface area contributed by atoms with E-state index in [0.29, 0.717) is 18.7 Å². The Hall–Kier alpha value is -3.37. The van der Waals surface area contributed by atoms with E-state index in [1.165, 1.54) is 25.6 Å². The van der Waals surface area contributed by atoms with Gasteiger partial charge in [0.2, 0.25) is 5.95 Å². The van der Waals surface area contributed by atoms with Crippen molar-refractivity contribution in [2.45, 2.75) is 45.5 Å². The lowest BCUT2D eigenvalue weighted by Gasteiger charge is -2.32. The van der Waals surface area contributed by atoms with E-state index in [4.69, 9.17) is 4.74 Å². The fourth-order valence-corrected chi connectivity index (χ4v) is 3.78. The number of nitrogens with zero attached hydrogens (tertiary/aromatic N) is 3. The summed E-state index contributed by atoms with van der Waals surface area (Å²) in [6, 6.07) is 5.13. The van der Waals surface area contributed by atoms with Crippen molar-refractivity contribution in [1.82, 2.24) is 15.3 Å². The van der Waals surface area contributed by atoms with E-state index in [1.807, 2.05) is 25.7 Å². The van der Waals surface area contributed by atoms with Crippen LogP contribution in [-0.2, 0) is 10.9 Å². The molecular weight excluding hydrogens is 451 g/mol. The van der Waals surface area contributed by atoms with Gasteiger partial charge in [-0.25, -0.2) is 4.98 Å². The van der Waals surface area contributed by atoms with Crippen molar-refractivity contribution in [2.24, 2.45) is 10.4 Å². The highest BCUT2D eigenvalue weighted by molar-refractivity contribution is 5.92. The summed E-state index contributed by atoms with van der Waals surface area (Å²) in [5.74, 6) is -0.338. The summed E-state index contributed by atoms with van der Waals surface area (Å²) in [5.41, 5.74) is -1.35. The Balaban J connectivity index is 1.82. The van der Waals surface area contributed by atoms with Crippen LogP contribution in [0.5, 0.6) is 0 Å². The summed E-state index contributed by atoms with van der Waals surface area (Å²) in [4.78, 5) is 38.4. The Morgan fingerprint density at radius 3 is 2.56 bits per heavy atom. The third kappa shape index (κ3) is 6.15. The number of aromatic nitrogens is 2. The normalized spacial score (nSPS) is 17.7. The van der Waals surface area contributed by atoms with Gasteiger partial charge in [-0.2, -0.15) is 13.2 Å². The van der Waals surface area contributed by atoms with Crippen molar-refractivity contribution < 1.29 is 22.7 Å². The van der Waals surface area contributed by atoms with Gasteiger partial charge in [-0.05, 0) is 29.5 Å². The number of ether oxygens (including phenoxy) is 1. The number of anilines is 1. The number of hydrogen-bond donors (Lipinski definition) is 2. The van der Waals surface area contributed by atoms with Crippen LogP contribution < -0.4 is 15.8 Å². The van der Waals surface area contributed by atoms with Gasteiger partial charge in [0.05, 0.1) is 24.8 Å². The molecule has 2 aromatic rings. The maximum Gasteiger partial charge on any atom is 0.416 e. The Kier molecular flexibility index (Phi) is 7.32. The van der Waals surface area contributed by atoms with Gasteiger partial charge in [0.1, 0.15) is 5.69 Å². The molecule has 11 heteroatoms. The first-order valence-electron chi connectivity index (χ1n) is 10.8. The zero-order chi connectivity index (χ0) is 25.1. The summed E-state index contributed by atoms with van der Waals surface area (Å²) in [6.45, 7) is 6.67. The number of aromatic amines is 1. The quantitative estimate of drug-likeness (QED) is 0.488. The van der Waals surface area contributed by atoms with Crippen molar-refractivity contribution >= 4 is 18.3 Å². The van der Waals surface area contributed by atoms with Gasteiger partial charge in [-0.15, -0.1) is 0 Å². The molecule has 0 bridgehead atoms. The Bertz CT molecular complexity index is 1090. The molecule has 1 aliphatic heterocycles. The predicted molar refractivity (Wildman–Crippen MR) is 122 cm³/mol. The minimum Gasteiger partial charge on any atom is -0.487 e. The molecule has 2 heterocycles. The maximum absolute atomic E-state index is 13.1. The van der Waals surface area contributed by atoms with E-state index >= 15 is 0 Å². The van der Waals surface area contributed by atoms with Gasteiger partial charge in [-0.3, -0.25) is 19.6 Å². The van der Waals surface area contributed by atoms with Gasteiger partial charge in [0.25, 0.3) is 11.5 Å². The number of H-pyrrole nitrogens is 1. The molecule has 1 saturated heterocycles. The first kappa shape index (κ1) is 25.3. The predicted octanol–water partition coefficient (Wildman–Crippen LogP) is 3.56. The van der Waals surface area contributed by atoms with Gasteiger partial charge >= 0.3 is 6.18 Å². The lowest BCUT2D eigenvalue weighted by molar-refractivity contribution is -0.137. The molecule has 0 aliphatic carbocycles. The first-order chi connectivity index (χ1) is 15.9. The number of amides is 1. The molecule has 0 radical (unpaired) electrons. The highest BCUT2D eigenvalue weighted by Crippen LogP contribution is 2.35. The number of halogens is 3. The van der Waals surface area contributed by atoms with Crippen LogP contribution in [-0.4, -0.2) is 48.5 Å². The molecule has 1 unspecified atom stereocenters. The van der Waals surface area contributed by atoms with E-state index in [-0.39, 0.29) is 17.7 Å². The van der Waals surface area contributed by atoms with Gasteiger partial charge in [-0.1, -0.05) is 32.9 Å². The molecule has 0 saturated carbocycles. The fourth-order valence-electron chi connectivity index (χ4n) is 3.78. The second-order valence-electron chi connectivity index (χ2n) is 9.23. The van der Waals surface area contributed by atoms with Gasteiger partial charge in [0, 0.05) is 19.2 Å². The highest BCUT2D eigenvalue weighted by atomic mass is 19.4. The number of methoxy groups -OCH3 is 1. The van der Waals surface area contributed by atoms with Crippen molar-refractivity contribution in [2.75, 3.05) is 25.1 Å². The molecule has 0 spiro atoms. The largest absolute Gasteiger partial charge is 0.487 e. The van der Waals surface area contributed by atoms with Crippen LogP contribution >= 0.6 is 0 Å².